The molecule has 0 unspecified atom stereocenters. The molecule has 0 aromatic carbocycles. The highest BCUT2D eigenvalue weighted by molar-refractivity contribution is 5.39. The molecule has 2 N–H and O–H groups in total. The lowest BCUT2D eigenvalue weighted by atomic mass is 9.53. The minimum atomic E-state index is -0.218. The Labute approximate surface area is 375 Å². The second kappa shape index (κ2) is 19.1. The molecule has 0 aromatic heterocycles. The third-order valence-electron chi connectivity index (χ3n) is 19.3. The summed E-state index contributed by atoms with van der Waals surface area (Å²) in [6.45, 7) is 30.8. The molecule has 0 bridgehead atoms. The van der Waals surface area contributed by atoms with E-state index in [1.807, 2.05) is 0 Å². The zero-order chi connectivity index (χ0) is 43.9. The summed E-state index contributed by atoms with van der Waals surface area (Å²) in [5.41, 5.74) is 10.2. The molecule has 8 aliphatic carbocycles. The van der Waals surface area contributed by atoms with E-state index in [9.17, 15) is 10.2 Å². The first kappa shape index (κ1) is 46.8. The van der Waals surface area contributed by atoms with Crippen molar-refractivity contribution in [2.75, 3.05) is 0 Å². The van der Waals surface area contributed by atoms with Crippen molar-refractivity contribution in [2.45, 2.75) is 190 Å². The van der Waals surface area contributed by atoms with E-state index < -0.39 is 0 Å². The van der Waals surface area contributed by atoms with Crippen LogP contribution in [-0.4, -0.2) is 22.4 Å². The van der Waals surface area contributed by atoms with Crippen molar-refractivity contribution in [1.29, 1.82) is 0 Å². The molecule has 8 aliphatic rings. The van der Waals surface area contributed by atoms with Gasteiger partial charge in [-0.25, -0.2) is 0 Å². The maximum Gasteiger partial charge on any atom is 0.0749 e. The monoisotopic (exact) mass is 831 g/mol. The van der Waals surface area contributed by atoms with Crippen LogP contribution in [0.25, 0.3) is 0 Å². The van der Waals surface area contributed by atoms with Gasteiger partial charge in [0.05, 0.1) is 12.2 Å². The van der Waals surface area contributed by atoms with Crippen molar-refractivity contribution in [3.8, 4) is 0 Å². The van der Waals surface area contributed by atoms with Crippen molar-refractivity contribution in [3.05, 3.63) is 95.2 Å². The Balaban J connectivity index is 0.000000184. The van der Waals surface area contributed by atoms with Crippen LogP contribution in [0.1, 0.15) is 178 Å². The Bertz CT molecular complexity index is 1770. The predicted molar refractivity (Wildman–Crippen MR) is 261 cm³/mol. The SMILES string of the molecule is C=C1/C(=C/C=C2\CCC[C@@]3(C)[C@H]2CC[C@H]3[C@H](C)/C=C/[C@@H](O)C2CC2)C[C@@H](C)C[C@@H]1C.C=C1/C(=C/C=C2\CCC[C@]3(C)[C@H]([C@H](C)/C=C/[C@H](O)C4CC4)CC[C@@]23C)C[C@@H](C)C[C@@H]1C. The van der Waals surface area contributed by atoms with Gasteiger partial charge in [0.25, 0.3) is 0 Å². The zero-order valence-electron chi connectivity index (χ0n) is 40.7. The molecule has 2 heteroatoms. The number of aliphatic hydroxyl groups excluding tert-OH is 2. The molecule has 0 amide bonds. The van der Waals surface area contributed by atoms with E-state index in [0.29, 0.717) is 57.7 Å². The summed E-state index contributed by atoms with van der Waals surface area (Å²) in [4.78, 5) is 0. The van der Waals surface area contributed by atoms with Gasteiger partial charge in [0.2, 0.25) is 0 Å². The summed E-state index contributed by atoms with van der Waals surface area (Å²) in [5.74, 6) is 7.16. The van der Waals surface area contributed by atoms with Crippen LogP contribution in [0, 0.1) is 81.3 Å². The lowest BCUT2D eigenvalue weighted by Crippen LogP contribution is -2.42. The van der Waals surface area contributed by atoms with Gasteiger partial charge in [0.15, 0.2) is 0 Å². The predicted octanol–water partition coefficient (Wildman–Crippen LogP) is 15.7. The number of hydrogen-bond acceptors (Lipinski definition) is 2. The van der Waals surface area contributed by atoms with Crippen molar-refractivity contribution >= 4 is 0 Å². The first-order valence-corrected chi connectivity index (χ1v) is 25.9. The van der Waals surface area contributed by atoms with Gasteiger partial charge in [-0.2, -0.15) is 0 Å². The highest BCUT2D eigenvalue weighted by Crippen LogP contribution is 2.67. The van der Waals surface area contributed by atoms with Gasteiger partial charge in [0, 0.05) is 0 Å². The standard InChI is InChI=1S/C30H46O.C29H44O/c1-20-18-22(3)23(4)25(19-20)12-13-26-8-7-16-30(6)27(15-17-29(26,30)5)21(2)9-14-28(31)24-10-11-24;1-19-17-21(3)22(4)25(18-19)12-9-23-7-6-16-29(5)26(13-14-27(23)29)20(2)8-15-28(30)24-10-11-24/h9,12-14,20-22,24,27-28,31H,4,7-8,10-11,15-19H2,1-3,5-6H3;8-9,12,15,19-21,24,26-28,30H,4,6-7,10-11,13-14,16-18H2,1-3,5H3/b14-9+,25-12+,26-13+;15-8+,23-9+,25-12+/t20-,21+,22-,27-,28-,29-,30+;19-,20+,21-,26-,27-,28+,29+/m00/s1. The summed E-state index contributed by atoms with van der Waals surface area (Å²) < 4.78 is 0. The topological polar surface area (TPSA) is 40.5 Å². The van der Waals surface area contributed by atoms with E-state index in [4.69, 9.17) is 0 Å². The molecular formula is C59H90O2. The second-order valence-corrected chi connectivity index (χ2v) is 23.7. The summed E-state index contributed by atoms with van der Waals surface area (Å²) >= 11 is 0. The van der Waals surface area contributed by atoms with Crippen LogP contribution in [0.2, 0.25) is 0 Å². The average molecular weight is 831 g/mol. The van der Waals surface area contributed by atoms with E-state index in [0.717, 1.165) is 23.7 Å². The smallest absolute Gasteiger partial charge is 0.0749 e. The van der Waals surface area contributed by atoms with Gasteiger partial charge in [-0.1, -0.05) is 135 Å². The number of allylic oxidation sites excluding steroid dienone is 12. The van der Waals surface area contributed by atoms with Gasteiger partial charge in [-0.05, 0) is 219 Å². The molecule has 0 heterocycles. The van der Waals surface area contributed by atoms with Crippen molar-refractivity contribution in [2.24, 2.45) is 81.3 Å². The largest absolute Gasteiger partial charge is 0.389 e. The lowest BCUT2D eigenvalue weighted by molar-refractivity contribution is 0.0455. The summed E-state index contributed by atoms with van der Waals surface area (Å²) in [6, 6.07) is 0. The minimum Gasteiger partial charge on any atom is -0.389 e. The third-order valence-corrected chi connectivity index (χ3v) is 19.3. The van der Waals surface area contributed by atoms with Gasteiger partial charge in [-0.3, -0.25) is 0 Å². The fourth-order valence-corrected chi connectivity index (χ4v) is 14.7. The van der Waals surface area contributed by atoms with Gasteiger partial charge >= 0.3 is 0 Å². The first-order valence-electron chi connectivity index (χ1n) is 25.9. The molecule has 0 radical (unpaired) electrons. The minimum absolute atomic E-state index is 0.209. The normalized spacial score (nSPS) is 42.8. The van der Waals surface area contributed by atoms with Crippen LogP contribution < -0.4 is 0 Å². The average Bonchev–Trinajstić information content (AvgIpc) is 4.16. The number of hydrogen-bond donors (Lipinski definition) is 2. The summed E-state index contributed by atoms with van der Waals surface area (Å²) in [6.07, 6.45) is 41.3. The fourth-order valence-electron chi connectivity index (χ4n) is 14.7. The van der Waals surface area contributed by atoms with Crippen LogP contribution in [0.15, 0.2) is 95.2 Å². The highest BCUT2D eigenvalue weighted by Gasteiger charge is 2.58. The molecule has 338 valence electrons. The van der Waals surface area contributed by atoms with Crippen molar-refractivity contribution in [1.82, 2.24) is 0 Å². The molecule has 0 aromatic rings. The maximum absolute atomic E-state index is 10.3. The molecule has 0 saturated heterocycles. The Morgan fingerprint density at radius 2 is 1.11 bits per heavy atom. The molecule has 8 saturated carbocycles. The summed E-state index contributed by atoms with van der Waals surface area (Å²) in [5, 5.41) is 20.6. The van der Waals surface area contributed by atoms with Crippen molar-refractivity contribution in [3.63, 3.8) is 0 Å². The third kappa shape index (κ3) is 10.1. The van der Waals surface area contributed by atoms with Gasteiger partial charge < -0.3 is 10.2 Å². The molecule has 8 fully saturated rings. The lowest BCUT2D eigenvalue weighted by Gasteiger charge is -2.51. The van der Waals surface area contributed by atoms with Crippen LogP contribution in [0.3, 0.4) is 0 Å². The molecule has 2 nitrogen and oxygen atoms in total. The maximum atomic E-state index is 10.3. The zero-order valence-corrected chi connectivity index (χ0v) is 40.7. The molecule has 8 rings (SSSR count). The van der Waals surface area contributed by atoms with Gasteiger partial charge in [0.1, 0.15) is 0 Å². The summed E-state index contributed by atoms with van der Waals surface area (Å²) in [7, 11) is 0. The van der Waals surface area contributed by atoms with Crippen LogP contribution in [0.5, 0.6) is 0 Å². The molecule has 0 aliphatic heterocycles. The number of rotatable bonds is 10. The quantitative estimate of drug-likeness (QED) is 0.215. The van der Waals surface area contributed by atoms with Crippen LogP contribution in [-0.2, 0) is 0 Å². The molecule has 14 atom stereocenters. The van der Waals surface area contributed by atoms with E-state index in [1.165, 1.54) is 138 Å². The number of aliphatic hydroxyl groups is 2. The Hall–Kier alpha value is -2.16. The highest BCUT2D eigenvalue weighted by atomic mass is 16.3. The fraction of sp³-hybridized carbons (Fsp3) is 0.729. The van der Waals surface area contributed by atoms with Gasteiger partial charge in [-0.15, -0.1) is 0 Å². The molecule has 61 heavy (non-hydrogen) atoms. The van der Waals surface area contributed by atoms with Crippen LogP contribution >= 0.6 is 0 Å². The first-order chi connectivity index (χ1) is 28.9. The Morgan fingerprint density at radius 1 is 0.590 bits per heavy atom. The van der Waals surface area contributed by atoms with Crippen LogP contribution in [0.4, 0.5) is 0 Å². The van der Waals surface area contributed by atoms with Crippen molar-refractivity contribution < 1.29 is 10.2 Å². The molecule has 0 spiro atoms. The van der Waals surface area contributed by atoms with E-state index in [-0.39, 0.29) is 12.2 Å². The van der Waals surface area contributed by atoms with E-state index in [1.54, 1.807) is 11.1 Å². The number of fused-ring (bicyclic) bond motifs is 2. The molecular weight excluding hydrogens is 741 g/mol. The van der Waals surface area contributed by atoms with E-state index in [2.05, 4.69) is 124 Å². The Kier molecular flexibility index (Phi) is 14.7. The Morgan fingerprint density at radius 3 is 1.67 bits per heavy atom. The second-order valence-electron chi connectivity index (χ2n) is 23.7. The van der Waals surface area contributed by atoms with E-state index >= 15 is 0 Å².